The first-order chi connectivity index (χ1) is 9.25. The first-order valence-corrected chi connectivity index (χ1v) is 6.82. The second-order valence-electron chi connectivity index (χ2n) is 5.17. The highest BCUT2D eigenvalue weighted by atomic mass is 16.2. The second kappa shape index (κ2) is 4.99. The van der Waals surface area contributed by atoms with Crippen LogP contribution in [0.5, 0.6) is 0 Å². The molecule has 5 heteroatoms. The van der Waals surface area contributed by atoms with E-state index in [0.29, 0.717) is 5.65 Å². The molecule has 2 heterocycles. The molecule has 0 N–H and O–H groups in total. The topological polar surface area (TPSA) is 56.4 Å². The van der Waals surface area contributed by atoms with Crippen molar-refractivity contribution in [3.63, 3.8) is 0 Å². The van der Waals surface area contributed by atoms with Gasteiger partial charge in [-0.3, -0.25) is 9.20 Å². The Bertz CT molecular complexity index is 650. The maximum absolute atomic E-state index is 12.2. The number of hydrogen-bond acceptors (Lipinski definition) is 3. The van der Waals surface area contributed by atoms with E-state index in [2.05, 4.69) is 5.10 Å². The SMILES string of the molecule is O=C(Cn1nc2ccccn2c1=O)C1CCCCC1. The fourth-order valence-electron chi connectivity index (χ4n) is 2.77. The van der Waals surface area contributed by atoms with Gasteiger partial charge in [0.15, 0.2) is 11.4 Å². The molecule has 0 aromatic carbocycles. The predicted molar refractivity (Wildman–Crippen MR) is 71.0 cm³/mol. The number of carbonyl (C=O) groups is 1. The Morgan fingerprint density at radius 2 is 2.05 bits per heavy atom. The molecule has 1 aliphatic carbocycles. The van der Waals surface area contributed by atoms with E-state index in [4.69, 9.17) is 0 Å². The van der Waals surface area contributed by atoms with Crippen LogP contribution >= 0.6 is 0 Å². The lowest BCUT2D eigenvalue weighted by Crippen LogP contribution is -2.29. The van der Waals surface area contributed by atoms with Crippen molar-refractivity contribution in [3.05, 3.63) is 34.9 Å². The van der Waals surface area contributed by atoms with Gasteiger partial charge in [0.1, 0.15) is 6.54 Å². The monoisotopic (exact) mass is 259 g/mol. The number of nitrogens with zero attached hydrogens (tertiary/aromatic N) is 3. The molecule has 2 aromatic rings. The smallest absolute Gasteiger partial charge is 0.297 e. The quantitative estimate of drug-likeness (QED) is 0.842. The Hall–Kier alpha value is -1.91. The van der Waals surface area contributed by atoms with Gasteiger partial charge in [-0.15, -0.1) is 5.10 Å². The largest absolute Gasteiger partial charge is 0.350 e. The summed E-state index contributed by atoms with van der Waals surface area (Å²) in [6, 6.07) is 5.38. The van der Waals surface area contributed by atoms with Gasteiger partial charge in [0.25, 0.3) is 0 Å². The number of hydrogen-bond donors (Lipinski definition) is 0. The summed E-state index contributed by atoms with van der Waals surface area (Å²) < 4.78 is 2.75. The summed E-state index contributed by atoms with van der Waals surface area (Å²) in [4.78, 5) is 24.2. The zero-order chi connectivity index (χ0) is 13.2. The Morgan fingerprint density at radius 1 is 1.26 bits per heavy atom. The molecule has 1 aliphatic rings. The molecular weight excluding hydrogens is 242 g/mol. The molecule has 0 saturated heterocycles. The van der Waals surface area contributed by atoms with Crippen LogP contribution in [0.2, 0.25) is 0 Å². The molecule has 0 radical (unpaired) electrons. The van der Waals surface area contributed by atoms with Crippen molar-refractivity contribution in [2.45, 2.75) is 38.6 Å². The summed E-state index contributed by atoms with van der Waals surface area (Å²) in [6.45, 7) is 0.102. The van der Waals surface area contributed by atoms with E-state index in [1.165, 1.54) is 15.5 Å². The van der Waals surface area contributed by atoms with Crippen molar-refractivity contribution in [3.8, 4) is 0 Å². The van der Waals surface area contributed by atoms with Crippen LogP contribution in [0.1, 0.15) is 32.1 Å². The minimum Gasteiger partial charge on any atom is -0.297 e. The number of carbonyl (C=O) groups excluding carboxylic acids is 1. The van der Waals surface area contributed by atoms with Gasteiger partial charge in [-0.1, -0.05) is 25.3 Å². The summed E-state index contributed by atoms with van der Waals surface area (Å²) >= 11 is 0. The van der Waals surface area contributed by atoms with Crippen LogP contribution in [0.3, 0.4) is 0 Å². The van der Waals surface area contributed by atoms with Crippen LogP contribution < -0.4 is 5.69 Å². The third kappa shape index (κ3) is 2.32. The molecule has 0 amide bonds. The standard InChI is InChI=1S/C14H17N3O2/c18-12(11-6-2-1-3-7-11)10-17-14(19)16-9-5-4-8-13(16)15-17/h4-5,8-9,11H,1-3,6-7,10H2. The van der Waals surface area contributed by atoms with Gasteiger partial charge < -0.3 is 0 Å². The van der Waals surface area contributed by atoms with E-state index in [0.717, 1.165) is 25.7 Å². The third-order valence-electron chi connectivity index (χ3n) is 3.85. The lowest BCUT2D eigenvalue weighted by atomic mass is 9.86. The normalized spacial score (nSPS) is 16.8. The Morgan fingerprint density at radius 3 is 2.79 bits per heavy atom. The molecule has 1 fully saturated rings. The fourth-order valence-corrected chi connectivity index (χ4v) is 2.77. The van der Waals surface area contributed by atoms with E-state index in [1.807, 2.05) is 6.07 Å². The molecule has 1 saturated carbocycles. The van der Waals surface area contributed by atoms with Gasteiger partial charge in [-0.05, 0) is 25.0 Å². The van der Waals surface area contributed by atoms with Crippen molar-refractivity contribution >= 4 is 11.4 Å². The van der Waals surface area contributed by atoms with Gasteiger partial charge in [-0.2, -0.15) is 0 Å². The number of Topliss-reactive ketones (excluding diaryl/α,β-unsaturated/α-hetero) is 1. The summed E-state index contributed by atoms with van der Waals surface area (Å²) in [5.74, 6) is 0.260. The molecule has 100 valence electrons. The minimum absolute atomic E-state index is 0.102. The number of pyridine rings is 1. The van der Waals surface area contributed by atoms with E-state index >= 15 is 0 Å². The highest BCUT2D eigenvalue weighted by Gasteiger charge is 2.22. The maximum Gasteiger partial charge on any atom is 0.350 e. The fraction of sp³-hybridized carbons (Fsp3) is 0.500. The predicted octanol–water partition coefficient (Wildman–Crippen LogP) is 1.65. The summed E-state index contributed by atoms with van der Waals surface area (Å²) in [5.41, 5.74) is 0.351. The first kappa shape index (κ1) is 12.1. The number of aromatic nitrogens is 3. The lowest BCUT2D eigenvalue weighted by molar-refractivity contribution is -0.124. The van der Waals surface area contributed by atoms with Gasteiger partial charge in [0.05, 0.1) is 0 Å². The van der Waals surface area contributed by atoms with Crippen molar-refractivity contribution < 1.29 is 4.79 Å². The minimum atomic E-state index is -0.236. The second-order valence-corrected chi connectivity index (χ2v) is 5.17. The number of ketones is 1. The highest BCUT2D eigenvalue weighted by Crippen LogP contribution is 2.24. The van der Waals surface area contributed by atoms with Gasteiger partial charge in [-0.25, -0.2) is 9.48 Å². The molecule has 5 nitrogen and oxygen atoms in total. The van der Waals surface area contributed by atoms with Crippen LogP contribution in [-0.4, -0.2) is 20.0 Å². The Balaban J connectivity index is 1.83. The van der Waals surface area contributed by atoms with Crippen LogP contribution in [0.4, 0.5) is 0 Å². The Labute approximate surface area is 110 Å². The van der Waals surface area contributed by atoms with Crippen molar-refractivity contribution in [1.82, 2.24) is 14.2 Å². The van der Waals surface area contributed by atoms with E-state index in [-0.39, 0.29) is 23.9 Å². The number of fused-ring (bicyclic) bond motifs is 1. The van der Waals surface area contributed by atoms with Gasteiger partial charge in [0, 0.05) is 12.1 Å². The van der Waals surface area contributed by atoms with Crippen molar-refractivity contribution in [2.24, 2.45) is 5.92 Å². The third-order valence-corrected chi connectivity index (χ3v) is 3.85. The molecule has 0 aliphatic heterocycles. The molecule has 0 unspecified atom stereocenters. The average molecular weight is 259 g/mol. The molecular formula is C14H17N3O2. The first-order valence-electron chi connectivity index (χ1n) is 6.82. The zero-order valence-corrected chi connectivity index (χ0v) is 10.8. The molecule has 2 aromatic heterocycles. The Kier molecular flexibility index (Phi) is 3.19. The zero-order valence-electron chi connectivity index (χ0n) is 10.8. The summed E-state index contributed by atoms with van der Waals surface area (Å²) in [5, 5.41) is 4.19. The van der Waals surface area contributed by atoms with Crippen LogP contribution in [0.15, 0.2) is 29.2 Å². The molecule has 0 bridgehead atoms. The van der Waals surface area contributed by atoms with Crippen LogP contribution in [0, 0.1) is 5.92 Å². The van der Waals surface area contributed by atoms with E-state index < -0.39 is 0 Å². The van der Waals surface area contributed by atoms with E-state index in [9.17, 15) is 9.59 Å². The maximum atomic E-state index is 12.2. The number of rotatable bonds is 3. The van der Waals surface area contributed by atoms with Crippen LogP contribution in [0.25, 0.3) is 5.65 Å². The molecule has 3 rings (SSSR count). The van der Waals surface area contributed by atoms with Gasteiger partial charge >= 0.3 is 5.69 Å². The highest BCUT2D eigenvalue weighted by molar-refractivity contribution is 5.80. The van der Waals surface area contributed by atoms with Crippen molar-refractivity contribution in [2.75, 3.05) is 0 Å². The van der Waals surface area contributed by atoms with Gasteiger partial charge in [0.2, 0.25) is 0 Å². The van der Waals surface area contributed by atoms with Crippen LogP contribution in [-0.2, 0) is 11.3 Å². The van der Waals surface area contributed by atoms with E-state index in [1.54, 1.807) is 18.3 Å². The molecule has 19 heavy (non-hydrogen) atoms. The summed E-state index contributed by atoms with van der Waals surface area (Å²) in [6.07, 6.45) is 7.05. The lowest BCUT2D eigenvalue weighted by Gasteiger charge is -2.19. The molecule has 0 atom stereocenters. The van der Waals surface area contributed by atoms with Crippen molar-refractivity contribution in [1.29, 1.82) is 0 Å². The average Bonchev–Trinajstić information content (AvgIpc) is 2.77. The summed E-state index contributed by atoms with van der Waals surface area (Å²) in [7, 11) is 0. The molecule has 0 spiro atoms.